The van der Waals surface area contributed by atoms with Crippen LogP contribution in [0.5, 0.6) is 17.2 Å². The Morgan fingerprint density at radius 1 is 1.00 bits per heavy atom. The molecule has 1 aliphatic carbocycles. The van der Waals surface area contributed by atoms with Crippen LogP contribution in [-0.2, 0) is 19.4 Å². The van der Waals surface area contributed by atoms with Crippen LogP contribution in [0, 0.1) is 5.82 Å². The molecule has 0 saturated carbocycles. The number of nitrogens with zero attached hydrogens (tertiary/aromatic N) is 2. The zero-order valence-electron chi connectivity index (χ0n) is 28.3. The van der Waals surface area contributed by atoms with Crippen LogP contribution >= 0.6 is 0 Å². The van der Waals surface area contributed by atoms with Gasteiger partial charge in [0.05, 0.1) is 7.11 Å². The number of anilines is 1. The third-order valence-corrected chi connectivity index (χ3v) is 10.3. The highest BCUT2D eigenvalue weighted by Crippen LogP contribution is 2.40. The molecule has 5 rings (SSSR count). The average molecular weight is 618 g/mol. The van der Waals surface area contributed by atoms with Crippen LogP contribution in [0.4, 0.5) is 10.1 Å². The maximum atomic E-state index is 15.3. The van der Waals surface area contributed by atoms with Gasteiger partial charge in [0.1, 0.15) is 18.1 Å². The van der Waals surface area contributed by atoms with Crippen molar-refractivity contribution in [1.29, 1.82) is 0 Å². The van der Waals surface area contributed by atoms with E-state index in [4.69, 9.17) is 9.47 Å². The number of fused-ring (bicyclic) bond motifs is 1. The molecule has 6 nitrogen and oxygen atoms in total. The summed E-state index contributed by atoms with van der Waals surface area (Å²) in [5.41, 5.74) is 6.06. The highest BCUT2D eigenvalue weighted by Gasteiger charge is 2.42. The van der Waals surface area contributed by atoms with Crippen molar-refractivity contribution in [1.82, 2.24) is 10.2 Å². The number of hydrogen-bond donors (Lipinski definition) is 2. The molecular formula is C38H52FN3O3. The molecule has 0 amide bonds. The molecule has 2 N–H and O–H groups in total. The van der Waals surface area contributed by atoms with Crippen LogP contribution in [0.2, 0.25) is 0 Å². The largest absolute Gasteiger partial charge is 0.508 e. The fourth-order valence-electron chi connectivity index (χ4n) is 7.56. The van der Waals surface area contributed by atoms with Crippen LogP contribution in [-0.4, -0.2) is 61.0 Å². The Bertz CT molecular complexity index is 1450. The normalized spacial score (nSPS) is 19.6. The molecule has 1 atom stereocenters. The number of piperidine rings is 1. The highest BCUT2D eigenvalue weighted by molar-refractivity contribution is 5.60. The van der Waals surface area contributed by atoms with Crippen molar-refractivity contribution < 1.29 is 19.0 Å². The Morgan fingerprint density at radius 3 is 2.44 bits per heavy atom. The summed E-state index contributed by atoms with van der Waals surface area (Å²) in [4.78, 5) is 4.77. The Balaban J connectivity index is 1.23. The lowest BCUT2D eigenvalue weighted by atomic mass is 9.77. The van der Waals surface area contributed by atoms with E-state index in [9.17, 15) is 5.11 Å². The summed E-state index contributed by atoms with van der Waals surface area (Å²) in [6.07, 6.45) is 5.00. The minimum Gasteiger partial charge on any atom is -0.508 e. The van der Waals surface area contributed by atoms with Crippen molar-refractivity contribution in [2.45, 2.75) is 96.3 Å². The first-order valence-corrected chi connectivity index (χ1v) is 16.5. The molecule has 0 radical (unpaired) electrons. The number of phenolic OH excluding ortho intramolecular Hbond substituents is 1. The van der Waals surface area contributed by atoms with Gasteiger partial charge in [0.2, 0.25) is 0 Å². The van der Waals surface area contributed by atoms with Gasteiger partial charge in [0, 0.05) is 48.5 Å². The van der Waals surface area contributed by atoms with E-state index in [-0.39, 0.29) is 16.9 Å². The molecule has 3 aromatic carbocycles. The number of aromatic hydroxyl groups is 1. The van der Waals surface area contributed by atoms with Crippen molar-refractivity contribution in [3.8, 4) is 17.2 Å². The minimum atomic E-state index is -0.330. The molecule has 7 heteroatoms. The standard InChI is InChI=1S/C38H52FN3O3/c1-8-42(35-22-32(44-7)14-15-33(35)29-11-10-28-21-31(43)13-12-27(28)20-29)25-26-9-16-36(34(39)19-26)45-18-17-40-30-23-37(2,3)41(6)38(4,5)24-30/h9,12-16,19,21-22,29-30,40,43H,8,10-11,17-18,20,23-25H2,1-7H3. The molecule has 1 saturated heterocycles. The van der Waals surface area contributed by atoms with Crippen LogP contribution in [0.3, 0.4) is 0 Å². The SMILES string of the molecule is CCN(Cc1ccc(OCCNC2CC(C)(C)N(C)C(C)(C)C2)c(F)c1)c1cc(OC)ccc1C1CCc2cc(O)ccc2C1. The monoisotopic (exact) mass is 617 g/mol. The molecule has 2 aliphatic rings. The molecule has 0 spiro atoms. The predicted octanol–water partition coefficient (Wildman–Crippen LogP) is 7.46. The summed E-state index contributed by atoms with van der Waals surface area (Å²) >= 11 is 0. The zero-order chi connectivity index (χ0) is 32.4. The van der Waals surface area contributed by atoms with E-state index >= 15 is 4.39 Å². The number of methoxy groups -OCH3 is 1. The second-order valence-corrected chi connectivity index (χ2v) is 14.2. The number of likely N-dealkylation sites (tertiary alicyclic amines) is 1. The molecule has 1 fully saturated rings. The lowest BCUT2D eigenvalue weighted by Gasteiger charge is -2.53. The Morgan fingerprint density at radius 2 is 1.76 bits per heavy atom. The molecule has 1 heterocycles. The summed E-state index contributed by atoms with van der Waals surface area (Å²) in [5, 5.41) is 13.6. The van der Waals surface area contributed by atoms with Crippen molar-refractivity contribution in [2.24, 2.45) is 0 Å². The van der Waals surface area contributed by atoms with Gasteiger partial charge < -0.3 is 24.8 Å². The molecule has 3 aromatic rings. The lowest BCUT2D eigenvalue weighted by Crippen LogP contribution is -2.62. The van der Waals surface area contributed by atoms with Gasteiger partial charge in [-0.1, -0.05) is 18.2 Å². The third kappa shape index (κ3) is 7.58. The van der Waals surface area contributed by atoms with Gasteiger partial charge in [0.25, 0.3) is 0 Å². The Kier molecular flexibility index (Phi) is 10.00. The molecule has 0 bridgehead atoms. The van der Waals surface area contributed by atoms with E-state index < -0.39 is 0 Å². The van der Waals surface area contributed by atoms with E-state index in [1.54, 1.807) is 25.3 Å². The second-order valence-electron chi connectivity index (χ2n) is 14.2. The number of halogens is 1. The van der Waals surface area contributed by atoms with Gasteiger partial charge in [-0.25, -0.2) is 4.39 Å². The van der Waals surface area contributed by atoms with Gasteiger partial charge in [-0.05, 0) is 132 Å². The molecule has 45 heavy (non-hydrogen) atoms. The van der Waals surface area contributed by atoms with Gasteiger partial charge in [-0.3, -0.25) is 4.90 Å². The van der Waals surface area contributed by atoms with E-state index in [2.05, 4.69) is 75.0 Å². The van der Waals surface area contributed by atoms with Crippen molar-refractivity contribution in [2.75, 3.05) is 38.8 Å². The number of ether oxygens (including phenoxy) is 2. The van der Waals surface area contributed by atoms with Crippen LogP contribution in [0.15, 0.2) is 54.6 Å². The number of aryl methyl sites for hydroxylation is 1. The summed E-state index contributed by atoms with van der Waals surface area (Å²) in [6, 6.07) is 17.8. The Hall–Kier alpha value is -3.29. The number of phenols is 1. The fraction of sp³-hybridized carbons (Fsp3) is 0.526. The van der Waals surface area contributed by atoms with Crippen molar-refractivity contribution >= 4 is 5.69 Å². The Labute approximate surface area is 269 Å². The maximum Gasteiger partial charge on any atom is 0.165 e. The fourth-order valence-corrected chi connectivity index (χ4v) is 7.56. The number of hydrogen-bond acceptors (Lipinski definition) is 6. The van der Waals surface area contributed by atoms with Gasteiger partial charge in [0.15, 0.2) is 11.6 Å². The van der Waals surface area contributed by atoms with Gasteiger partial charge >= 0.3 is 0 Å². The first-order chi connectivity index (χ1) is 21.4. The van der Waals surface area contributed by atoms with Crippen LogP contribution in [0.25, 0.3) is 0 Å². The number of benzene rings is 3. The second kappa shape index (κ2) is 13.6. The van der Waals surface area contributed by atoms with Crippen molar-refractivity contribution in [3.63, 3.8) is 0 Å². The average Bonchev–Trinajstić information content (AvgIpc) is 3.00. The summed E-state index contributed by atoms with van der Waals surface area (Å²) in [6.45, 7) is 13.8. The zero-order valence-corrected chi connectivity index (χ0v) is 28.3. The van der Waals surface area contributed by atoms with Gasteiger partial charge in [-0.15, -0.1) is 0 Å². The lowest BCUT2D eigenvalue weighted by molar-refractivity contribution is -0.0184. The predicted molar refractivity (Wildman–Crippen MR) is 181 cm³/mol. The summed E-state index contributed by atoms with van der Waals surface area (Å²) < 4.78 is 26.8. The highest BCUT2D eigenvalue weighted by atomic mass is 19.1. The van der Waals surface area contributed by atoms with E-state index in [0.717, 1.165) is 55.6 Å². The first-order valence-electron chi connectivity index (χ1n) is 16.5. The summed E-state index contributed by atoms with van der Waals surface area (Å²) in [7, 11) is 3.90. The smallest absolute Gasteiger partial charge is 0.165 e. The van der Waals surface area contributed by atoms with E-state index in [1.165, 1.54) is 16.7 Å². The van der Waals surface area contributed by atoms with E-state index in [1.807, 2.05) is 18.2 Å². The van der Waals surface area contributed by atoms with Crippen molar-refractivity contribution in [3.05, 3.63) is 82.7 Å². The topological polar surface area (TPSA) is 57.2 Å². The van der Waals surface area contributed by atoms with Crippen LogP contribution in [0.1, 0.15) is 82.1 Å². The molecule has 244 valence electrons. The molecular weight excluding hydrogens is 565 g/mol. The van der Waals surface area contributed by atoms with Gasteiger partial charge in [-0.2, -0.15) is 0 Å². The van der Waals surface area contributed by atoms with E-state index in [0.29, 0.717) is 43.2 Å². The molecule has 1 unspecified atom stereocenters. The number of nitrogens with one attached hydrogen (secondary N) is 1. The summed E-state index contributed by atoms with van der Waals surface area (Å²) in [5.74, 6) is 1.45. The molecule has 0 aromatic heterocycles. The third-order valence-electron chi connectivity index (χ3n) is 10.3. The minimum absolute atomic E-state index is 0.118. The quantitative estimate of drug-likeness (QED) is 0.218. The first kappa shape index (κ1) is 33.1. The maximum absolute atomic E-state index is 15.3. The molecule has 1 aliphatic heterocycles. The van der Waals surface area contributed by atoms with Crippen LogP contribution < -0.4 is 19.7 Å². The number of rotatable bonds is 11.